The minimum Gasteiger partial charge on any atom is -0.477 e. The van der Waals surface area contributed by atoms with Gasteiger partial charge in [-0.2, -0.15) is 10.2 Å². The van der Waals surface area contributed by atoms with Crippen molar-refractivity contribution in [2.24, 2.45) is 18.1 Å². The van der Waals surface area contributed by atoms with E-state index >= 15 is 0 Å². The van der Waals surface area contributed by atoms with Crippen LogP contribution in [0.15, 0.2) is 47.0 Å². The van der Waals surface area contributed by atoms with Crippen molar-refractivity contribution in [3.05, 3.63) is 47.6 Å². The summed E-state index contributed by atoms with van der Waals surface area (Å²) < 4.78 is 21.2. The molecule has 1 aromatic carbocycles. The predicted molar refractivity (Wildman–Crippen MR) is 130 cm³/mol. The maximum absolute atomic E-state index is 10.2. The van der Waals surface area contributed by atoms with E-state index in [9.17, 15) is 5.11 Å². The molecule has 0 radical (unpaired) electrons. The number of hydrogen-bond acceptors (Lipinski definition) is 7. The molecule has 1 fully saturated rings. The summed E-state index contributed by atoms with van der Waals surface area (Å²) in [6, 6.07) is 6.13. The maximum atomic E-state index is 10.2. The molecule has 35 heavy (non-hydrogen) atoms. The highest BCUT2D eigenvalue weighted by Gasteiger charge is 2.35. The van der Waals surface area contributed by atoms with Crippen LogP contribution in [0, 0.1) is 5.92 Å². The number of aliphatic hydroxyl groups is 1. The Kier molecular flexibility index (Phi) is 5.46. The topological polar surface area (TPSA) is 110 Å². The zero-order valence-electron chi connectivity index (χ0n) is 19.6. The smallest absolute Gasteiger partial charge is 0.408 e. The molecule has 0 saturated carbocycles. The molecule has 3 aliphatic heterocycles. The monoisotopic (exact) mass is 475 g/mol. The van der Waals surface area contributed by atoms with Crippen molar-refractivity contribution in [1.29, 1.82) is 0 Å². The summed E-state index contributed by atoms with van der Waals surface area (Å²) in [5, 5.41) is 27.9. The molecular formula is C25H27N6O4+. The Hall–Kier alpha value is -3.76. The van der Waals surface area contributed by atoms with Crippen LogP contribution in [0.5, 0.6) is 5.88 Å². The van der Waals surface area contributed by atoms with Crippen LogP contribution in [0.3, 0.4) is 0 Å². The van der Waals surface area contributed by atoms with Gasteiger partial charge < -0.3 is 19.3 Å². The second kappa shape index (κ2) is 8.79. The molecule has 3 aromatic rings. The summed E-state index contributed by atoms with van der Waals surface area (Å²) in [7, 11) is 1.87. The minimum absolute atomic E-state index is 0.149. The highest BCUT2D eigenvalue weighted by molar-refractivity contribution is 6.03. The van der Waals surface area contributed by atoms with Gasteiger partial charge in [0.1, 0.15) is 11.3 Å². The van der Waals surface area contributed by atoms with E-state index in [0.29, 0.717) is 44.6 Å². The number of hydrazone groups is 1. The SMILES string of the molecule is CC1=N/[N+](=C/C2COC[C@@H]2O)C2=C1/C=C/c1[nH]nc3ccc(cc13)-c1cnn(C)c1OCCCO2. The van der Waals surface area contributed by atoms with E-state index in [1.165, 1.54) is 0 Å². The predicted octanol–water partition coefficient (Wildman–Crippen LogP) is 2.47. The molecule has 2 bridgehead atoms. The number of H-pyrrole nitrogens is 1. The van der Waals surface area contributed by atoms with E-state index in [4.69, 9.17) is 14.2 Å². The van der Waals surface area contributed by atoms with Crippen molar-refractivity contribution in [2.45, 2.75) is 19.4 Å². The quantitative estimate of drug-likeness (QED) is 0.524. The number of fused-ring (bicyclic) bond motifs is 3. The van der Waals surface area contributed by atoms with Crippen molar-refractivity contribution in [2.75, 3.05) is 26.4 Å². The van der Waals surface area contributed by atoms with Gasteiger partial charge in [-0.3, -0.25) is 5.10 Å². The first kappa shape index (κ1) is 21.8. The fourth-order valence-electron chi connectivity index (χ4n) is 4.54. The number of allylic oxidation sites excluding steroid dienone is 2. The number of aryl methyl sites for hydroxylation is 1. The molecule has 5 heterocycles. The van der Waals surface area contributed by atoms with Crippen LogP contribution in [0.2, 0.25) is 0 Å². The first-order valence-corrected chi connectivity index (χ1v) is 11.7. The summed E-state index contributed by atoms with van der Waals surface area (Å²) in [4.78, 5) is 0. The van der Waals surface area contributed by atoms with E-state index in [1.54, 1.807) is 9.37 Å². The van der Waals surface area contributed by atoms with Gasteiger partial charge in [-0.05, 0) is 41.5 Å². The third-order valence-electron chi connectivity index (χ3n) is 6.47. The van der Waals surface area contributed by atoms with Crippen LogP contribution in [-0.2, 0) is 16.5 Å². The van der Waals surface area contributed by atoms with Crippen LogP contribution in [0.1, 0.15) is 19.0 Å². The van der Waals surface area contributed by atoms with Gasteiger partial charge in [-0.25, -0.2) is 4.68 Å². The van der Waals surface area contributed by atoms with E-state index < -0.39 is 6.10 Å². The summed E-state index contributed by atoms with van der Waals surface area (Å²) in [6.07, 6.45) is 7.81. The Morgan fingerprint density at radius 3 is 2.94 bits per heavy atom. The average molecular weight is 476 g/mol. The van der Waals surface area contributed by atoms with E-state index in [2.05, 4.69) is 26.5 Å². The third kappa shape index (κ3) is 3.94. The van der Waals surface area contributed by atoms with Crippen molar-refractivity contribution >= 4 is 28.9 Å². The van der Waals surface area contributed by atoms with Crippen molar-refractivity contribution < 1.29 is 24.0 Å². The lowest BCUT2D eigenvalue weighted by atomic mass is 10.0. The Labute approximate surface area is 201 Å². The molecule has 2 aromatic heterocycles. The first-order valence-electron chi connectivity index (χ1n) is 11.7. The Balaban J connectivity index is 1.43. The molecule has 1 saturated heterocycles. The molecule has 3 aliphatic rings. The molecular weight excluding hydrogens is 448 g/mol. The Bertz CT molecular complexity index is 1410. The van der Waals surface area contributed by atoms with Crippen LogP contribution < -0.4 is 4.74 Å². The first-order chi connectivity index (χ1) is 17.1. The fourth-order valence-corrected chi connectivity index (χ4v) is 4.54. The molecule has 10 heteroatoms. The number of nitrogens with one attached hydrogen (secondary N) is 1. The highest BCUT2D eigenvalue weighted by Crippen LogP contribution is 2.33. The van der Waals surface area contributed by atoms with E-state index in [0.717, 1.165) is 39.0 Å². The molecule has 180 valence electrons. The molecule has 2 atom stereocenters. The van der Waals surface area contributed by atoms with Gasteiger partial charge in [0, 0.05) is 24.0 Å². The van der Waals surface area contributed by atoms with E-state index in [1.807, 2.05) is 50.7 Å². The molecule has 10 nitrogen and oxygen atoms in total. The van der Waals surface area contributed by atoms with Crippen molar-refractivity contribution in [3.63, 3.8) is 0 Å². The van der Waals surface area contributed by atoms with Gasteiger partial charge in [-0.1, -0.05) is 6.07 Å². The van der Waals surface area contributed by atoms with Gasteiger partial charge in [0.2, 0.25) is 5.88 Å². The Morgan fingerprint density at radius 2 is 2.09 bits per heavy atom. The average Bonchev–Trinajstić information content (AvgIpc) is 3.60. The molecule has 0 amide bonds. The zero-order valence-corrected chi connectivity index (χ0v) is 19.6. The zero-order chi connectivity index (χ0) is 23.9. The van der Waals surface area contributed by atoms with Gasteiger partial charge >= 0.3 is 5.88 Å². The number of aromatic amines is 1. The number of aliphatic hydroxyl groups excluding tert-OH is 1. The van der Waals surface area contributed by atoms with Gasteiger partial charge in [0.25, 0.3) is 0 Å². The normalized spacial score (nSPS) is 24.5. The third-order valence-corrected chi connectivity index (χ3v) is 6.47. The maximum Gasteiger partial charge on any atom is 0.408 e. The molecule has 0 aliphatic carbocycles. The largest absolute Gasteiger partial charge is 0.477 e. The summed E-state index contributed by atoms with van der Waals surface area (Å²) in [6.45, 7) is 3.64. The molecule has 6 rings (SSSR count). The van der Waals surface area contributed by atoms with E-state index in [-0.39, 0.29) is 5.92 Å². The molecule has 1 unspecified atom stereocenters. The van der Waals surface area contributed by atoms with Crippen LogP contribution in [0.25, 0.3) is 28.1 Å². The highest BCUT2D eigenvalue weighted by atomic mass is 16.5. The lowest BCUT2D eigenvalue weighted by molar-refractivity contribution is -0.509. The summed E-state index contributed by atoms with van der Waals surface area (Å²) in [5.74, 6) is 1.19. The Morgan fingerprint density at radius 1 is 1.20 bits per heavy atom. The number of ether oxygens (including phenoxy) is 3. The van der Waals surface area contributed by atoms with Gasteiger partial charge in [0.15, 0.2) is 6.21 Å². The van der Waals surface area contributed by atoms with Crippen LogP contribution in [-0.4, -0.2) is 74.2 Å². The van der Waals surface area contributed by atoms with Crippen LogP contribution in [0.4, 0.5) is 0 Å². The summed E-state index contributed by atoms with van der Waals surface area (Å²) >= 11 is 0. The number of hydrogen-bond donors (Lipinski definition) is 2. The van der Waals surface area contributed by atoms with Crippen molar-refractivity contribution in [1.82, 2.24) is 20.0 Å². The second-order valence-electron chi connectivity index (χ2n) is 8.91. The second-order valence-corrected chi connectivity index (χ2v) is 8.91. The van der Waals surface area contributed by atoms with Gasteiger partial charge in [-0.15, -0.1) is 0 Å². The number of nitrogens with zero attached hydrogens (tertiary/aromatic N) is 5. The minimum atomic E-state index is -0.556. The van der Waals surface area contributed by atoms with Crippen molar-refractivity contribution in [3.8, 4) is 17.0 Å². The van der Waals surface area contributed by atoms with Crippen LogP contribution >= 0.6 is 0 Å². The summed E-state index contributed by atoms with van der Waals surface area (Å²) in [5.41, 5.74) is 5.39. The number of rotatable bonds is 1. The lowest BCUT2D eigenvalue weighted by Gasteiger charge is -2.10. The lowest BCUT2D eigenvalue weighted by Crippen LogP contribution is -2.23. The van der Waals surface area contributed by atoms with Gasteiger partial charge in [0.05, 0.1) is 61.4 Å². The molecule has 2 N–H and O–H groups in total. The number of aromatic nitrogens is 4. The molecule has 0 spiro atoms. The standard InChI is InChI=1S/C25H27N6O4/c1-15-18-5-7-22-19-10-16(4-6-21(19)27-28-22)20-11-26-30(2)24(20)34-8-3-9-35-25(18)31(29-15)12-17-13-33-14-23(17)32/h4-7,10-12,17,23,32H,3,8-9,13-14H2,1-2H3,(H,27,28)/q+1/b7-5+,31-12+/t17?,23-/m0/s1. The fraction of sp³-hybridized carbons (Fsp3) is 0.360. The number of benzene rings is 1.